The van der Waals surface area contributed by atoms with Gasteiger partial charge < -0.3 is 19.6 Å². The lowest BCUT2D eigenvalue weighted by molar-refractivity contribution is -0.272. The number of amides is 1. The van der Waals surface area contributed by atoms with Crippen LogP contribution in [0.2, 0.25) is 0 Å². The second-order valence-electron chi connectivity index (χ2n) is 7.86. The lowest BCUT2D eigenvalue weighted by atomic mass is 9.97. The number of fused-ring (bicyclic) bond motifs is 1. The van der Waals surface area contributed by atoms with Crippen LogP contribution in [0.4, 0.5) is 22.0 Å². The van der Waals surface area contributed by atoms with Gasteiger partial charge in [-0.3, -0.25) is 4.79 Å². The van der Waals surface area contributed by atoms with Gasteiger partial charge in [0.25, 0.3) is 0 Å². The van der Waals surface area contributed by atoms with Crippen LogP contribution in [-0.4, -0.2) is 42.8 Å². The van der Waals surface area contributed by atoms with E-state index in [0.29, 0.717) is 0 Å². The standard InChI is InChI=1S/C20H22F5N5O2/c1-11(2)16(30-10-28-14-8-12(21)13(22)9-15(14)30)17(31)26-5-4-19(32,20(23,24)25)18-27-6-7-29(18)3/h6-11,16,32H,4-5H2,1-3H3,(H,26,31). The summed E-state index contributed by atoms with van der Waals surface area (Å²) in [5.41, 5.74) is -2.98. The molecule has 7 nitrogen and oxygen atoms in total. The average Bonchev–Trinajstić information content (AvgIpc) is 3.28. The largest absolute Gasteiger partial charge is 0.424 e. The number of rotatable bonds is 7. The molecule has 1 aromatic carbocycles. The molecule has 3 rings (SSSR count). The van der Waals surface area contributed by atoms with Crippen molar-refractivity contribution >= 4 is 16.9 Å². The molecule has 0 bridgehead atoms. The summed E-state index contributed by atoms with van der Waals surface area (Å²) >= 11 is 0. The topological polar surface area (TPSA) is 85.0 Å². The summed E-state index contributed by atoms with van der Waals surface area (Å²) in [5.74, 6) is -3.83. The molecule has 0 aliphatic carbocycles. The van der Waals surface area contributed by atoms with Crippen LogP contribution < -0.4 is 5.32 Å². The highest BCUT2D eigenvalue weighted by Gasteiger charge is 2.57. The first-order valence-electron chi connectivity index (χ1n) is 9.73. The third-order valence-corrected chi connectivity index (χ3v) is 5.26. The van der Waals surface area contributed by atoms with Crippen LogP contribution in [0.25, 0.3) is 11.0 Å². The van der Waals surface area contributed by atoms with Crippen molar-refractivity contribution < 1.29 is 31.9 Å². The fraction of sp³-hybridized carbons (Fsp3) is 0.450. The van der Waals surface area contributed by atoms with E-state index in [0.717, 1.165) is 22.9 Å². The Labute approximate surface area is 179 Å². The molecule has 2 heterocycles. The number of aromatic nitrogens is 4. The second kappa shape index (κ2) is 8.49. The Balaban J connectivity index is 1.82. The molecular weight excluding hydrogens is 437 g/mol. The molecule has 2 N–H and O–H groups in total. The quantitative estimate of drug-likeness (QED) is 0.532. The Morgan fingerprint density at radius 3 is 2.41 bits per heavy atom. The maximum absolute atomic E-state index is 13.7. The predicted molar refractivity (Wildman–Crippen MR) is 104 cm³/mol. The Hall–Kier alpha value is -3.02. The zero-order valence-corrected chi connectivity index (χ0v) is 17.5. The minimum atomic E-state index is -5.03. The molecule has 0 spiro atoms. The molecule has 2 unspecified atom stereocenters. The van der Waals surface area contributed by atoms with E-state index < -0.39 is 54.2 Å². The van der Waals surface area contributed by atoms with Gasteiger partial charge in [-0.15, -0.1) is 0 Å². The van der Waals surface area contributed by atoms with Gasteiger partial charge in [-0.25, -0.2) is 18.7 Å². The molecule has 2 aromatic heterocycles. The van der Waals surface area contributed by atoms with Gasteiger partial charge in [0.05, 0.1) is 17.4 Å². The Morgan fingerprint density at radius 2 is 1.84 bits per heavy atom. The molecule has 0 fully saturated rings. The summed E-state index contributed by atoms with van der Waals surface area (Å²) in [6.07, 6.45) is -2.26. The van der Waals surface area contributed by atoms with Gasteiger partial charge in [-0.1, -0.05) is 13.8 Å². The van der Waals surface area contributed by atoms with Gasteiger partial charge in [-0.2, -0.15) is 13.2 Å². The molecular formula is C20H22F5N5O2. The van der Waals surface area contributed by atoms with Crippen molar-refractivity contribution in [3.63, 3.8) is 0 Å². The van der Waals surface area contributed by atoms with Crippen molar-refractivity contribution in [2.45, 2.75) is 38.1 Å². The smallest absolute Gasteiger partial charge is 0.374 e. The third kappa shape index (κ3) is 4.18. The molecule has 2 atom stereocenters. The van der Waals surface area contributed by atoms with E-state index in [1.54, 1.807) is 13.8 Å². The zero-order chi connectivity index (χ0) is 23.8. The highest BCUT2D eigenvalue weighted by molar-refractivity contribution is 5.84. The van der Waals surface area contributed by atoms with Crippen molar-refractivity contribution in [2.24, 2.45) is 13.0 Å². The van der Waals surface area contributed by atoms with Crippen LogP contribution >= 0.6 is 0 Å². The summed E-state index contributed by atoms with van der Waals surface area (Å²) in [4.78, 5) is 20.4. The van der Waals surface area contributed by atoms with Crippen LogP contribution in [0.1, 0.15) is 32.1 Å². The fourth-order valence-corrected chi connectivity index (χ4v) is 3.61. The van der Waals surface area contributed by atoms with Crippen LogP contribution in [0.5, 0.6) is 0 Å². The van der Waals surface area contributed by atoms with Crippen LogP contribution in [-0.2, 0) is 17.4 Å². The summed E-state index contributed by atoms with van der Waals surface area (Å²) in [7, 11) is 1.32. The number of alkyl halides is 3. The number of nitrogens with zero attached hydrogens (tertiary/aromatic N) is 4. The first kappa shape index (κ1) is 23.6. The Bertz CT molecular complexity index is 1120. The highest BCUT2D eigenvalue weighted by Crippen LogP contribution is 2.40. The number of aryl methyl sites for hydroxylation is 1. The molecule has 3 aromatic rings. The molecule has 174 valence electrons. The Morgan fingerprint density at radius 1 is 1.19 bits per heavy atom. The number of carbonyl (C=O) groups is 1. The number of halogens is 5. The number of aliphatic hydroxyl groups is 1. The molecule has 0 saturated heterocycles. The summed E-state index contributed by atoms with van der Waals surface area (Å²) in [6.45, 7) is 2.87. The Kier molecular flexibility index (Phi) is 6.27. The van der Waals surface area contributed by atoms with Crippen molar-refractivity contribution in [3.05, 3.63) is 48.3 Å². The number of benzene rings is 1. The van der Waals surface area contributed by atoms with Gasteiger partial charge in [0, 0.05) is 44.5 Å². The number of imidazole rings is 2. The summed E-state index contributed by atoms with van der Waals surface area (Å²) in [6, 6.07) is 0.841. The van der Waals surface area contributed by atoms with Crippen LogP contribution in [0.15, 0.2) is 30.9 Å². The number of carbonyl (C=O) groups excluding carboxylic acids is 1. The lowest BCUT2D eigenvalue weighted by Crippen LogP contribution is -2.47. The first-order chi connectivity index (χ1) is 14.9. The SMILES string of the molecule is CC(C)C(C(=O)NCCC(O)(c1nccn1C)C(F)(F)F)n1cnc2cc(F)c(F)cc21. The number of nitrogens with one attached hydrogen (secondary N) is 1. The summed E-state index contributed by atoms with van der Waals surface area (Å²) in [5, 5.41) is 12.8. The molecule has 12 heteroatoms. The average molecular weight is 459 g/mol. The minimum Gasteiger partial charge on any atom is -0.374 e. The van der Waals surface area contributed by atoms with Crippen LogP contribution in [0, 0.1) is 17.6 Å². The predicted octanol–water partition coefficient (Wildman–Crippen LogP) is 3.20. The van der Waals surface area contributed by atoms with E-state index in [1.807, 2.05) is 0 Å². The summed E-state index contributed by atoms with van der Waals surface area (Å²) < 4.78 is 70.5. The van der Waals surface area contributed by atoms with E-state index in [2.05, 4.69) is 15.3 Å². The van der Waals surface area contributed by atoms with Gasteiger partial charge in [0.2, 0.25) is 11.5 Å². The molecule has 0 aliphatic rings. The lowest BCUT2D eigenvalue weighted by Gasteiger charge is -2.30. The van der Waals surface area contributed by atoms with Crippen molar-refractivity contribution in [2.75, 3.05) is 6.54 Å². The van der Waals surface area contributed by atoms with E-state index in [9.17, 15) is 31.9 Å². The monoisotopic (exact) mass is 459 g/mol. The van der Waals surface area contributed by atoms with E-state index in [4.69, 9.17) is 0 Å². The van der Waals surface area contributed by atoms with E-state index in [1.165, 1.54) is 24.1 Å². The molecule has 0 radical (unpaired) electrons. The van der Waals surface area contributed by atoms with E-state index >= 15 is 0 Å². The van der Waals surface area contributed by atoms with Gasteiger partial charge in [-0.05, 0) is 5.92 Å². The molecule has 0 aliphatic heterocycles. The maximum Gasteiger partial charge on any atom is 0.424 e. The fourth-order valence-electron chi connectivity index (χ4n) is 3.61. The van der Waals surface area contributed by atoms with Gasteiger partial charge in [0.15, 0.2) is 11.6 Å². The first-order valence-corrected chi connectivity index (χ1v) is 9.73. The number of hydrogen-bond acceptors (Lipinski definition) is 4. The molecule has 1 amide bonds. The highest BCUT2D eigenvalue weighted by atomic mass is 19.4. The number of hydrogen-bond donors (Lipinski definition) is 2. The van der Waals surface area contributed by atoms with Crippen molar-refractivity contribution in [1.29, 1.82) is 0 Å². The zero-order valence-electron chi connectivity index (χ0n) is 17.5. The van der Waals surface area contributed by atoms with Crippen molar-refractivity contribution in [3.8, 4) is 0 Å². The molecule has 32 heavy (non-hydrogen) atoms. The van der Waals surface area contributed by atoms with Gasteiger partial charge >= 0.3 is 6.18 Å². The van der Waals surface area contributed by atoms with Crippen molar-refractivity contribution in [1.82, 2.24) is 24.4 Å². The van der Waals surface area contributed by atoms with E-state index in [-0.39, 0.29) is 17.0 Å². The van der Waals surface area contributed by atoms with Gasteiger partial charge in [0.1, 0.15) is 11.9 Å². The maximum atomic E-state index is 13.7. The third-order valence-electron chi connectivity index (χ3n) is 5.26. The minimum absolute atomic E-state index is 0.128. The second-order valence-corrected chi connectivity index (χ2v) is 7.86. The van der Waals surface area contributed by atoms with Crippen LogP contribution in [0.3, 0.4) is 0 Å². The normalized spacial score (nSPS) is 15.2. The molecule has 0 saturated carbocycles.